The van der Waals surface area contributed by atoms with Gasteiger partial charge in [0, 0.05) is 67.0 Å². The van der Waals surface area contributed by atoms with Gasteiger partial charge in [-0.2, -0.15) is 0 Å². The number of rotatable bonds is 13. The third-order valence-electron chi connectivity index (χ3n) is 6.89. The molecule has 0 aliphatic carbocycles. The van der Waals surface area contributed by atoms with Crippen LogP contribution in [0.5, 0.6) is 5.75 Å². The number of fused-ring (bicyclic) bond motifs is 2. The molecular weight excluding hydrogens is 560 g/mol. The molecule has 2 N–H and O–H groups in total. The Labute approximate surface area is 255 Å². The Hall–Kier alpha value is -4.54. The molecule has 3 aromatic carbocycles. The van der Waals surface area contributed by atoms with Crippen LogP contribution in [-0.4, -0.2) is 47.5 Å². The van der Waals surface area contributed by atoms with Gasteiger partial charge in [-0.25, -0.2) is 4.98 Å². The van der Waals surface area contributed by atoms with Crippen LogP contribution in [0.1, 0.15) is 42.5 Å². The number of aromatic nitrogens is 3. The van der Waals surface area contributed by atoms with Crippen molar-refractivity contribution in [2.45, 2.75) is 37.0 Å². The standard InChI is InChI=1S/C33H34N6O3S/c1-39(2)28-13-7-12-26-25(28)11-8-14-29(26)43-37-17-6-4-3-5-15-31(40)42-24-20-23-10-9-16-36-32(23)27(21-24)33(41)38-30-22-34-18-19-35-30/h7-14,16,18-22,37H,3-6,15,17H2,1-2H3,(H,35,38,41). The highest BCUT2D eigenvalue weighted by Gasteiger charge is 2.16. The molecule has 1 amide bonds. The van der Waals surface area contributed by atoms with Crippen LogP contribution in [0.15, 0.2) is 90.3 Å². The summed E-state index contributed by atoms with van der Waals surface area (Å²) in [6.07, 6.45) is 10.1. The van der Waals surface area contributed by atoms with Gasteiger partial charge in [-0.1, -0.05) is 43.2 Å². The van der Waals surface area contributed by atoms with E-state index in [9.17, 15) is 9.59 Å². The zero-order valence-corrected chi connectivity index (χ0v) is 25.1. The molecule has 0 aliphatic rings. The lowest BCUT2D eigenvalue weighted by molar-refractivity contribution is -0.134. The van der Waals surface area contributed by atoms with Gasteiger partial charge in [0.25, 0.3) is 5.91 Å². The molecule has 0 radical (unpaired) electrons. The SMILES string of the molecule is CN(C)c1cccc2c(SNCCCCCCC(=O)Oc3cc(C(=O)Nc4cnccn4)c4ncccc4c3)cccc12. The molecule has 0 fully saturated rings. The maximum absolute atomic E-state index is 13.0. The maximum Gasteiger partial charge on any atom is 0.311 e. The van der Waals surface area contributed by atoms with E-state index in [2.05, 4.69) is 80.4 Å². The van der Waals surface area contributed by atoms with Crippen molar-refractivity contribution in [2.24, 2.45) is 0 Å². The third-order valence-corrected chi connectivity index (χ3v) is 7.82. The molecule has 0 spiro atoms. The lowest BCUT2D eigenvalue weighted by Gasteiger charge is -2.16. The monoisotopic (exact) mass is 594 g/mol. The molecule has 0 atom stereocenters. The average molecular weight is 595 g/mol. The summed E-state index contributed by atoms with van der Waals surface area (Å²) in [5.74, 6) is -0.111. The highest BCUT2D eigenvalue weighted by molar-refractivity contribution is 7.97. The van der Waals surface area contributed by atoms with Crippen molar-refractivity contribution in [1.29, 1.82) is 0 Å². The highest BCUT2D eigenvalue weighted by Crippen LogP contribution is 2.32. The number of benzene rings is 3. The van der Waals surface area contributed by atoms with Crippen LogP contribution in [0.2, 0.25) is 0 Å². The van der Waals surface area contributed by atoms with Gasteiger partial charge in [-0.05, 0) is 60.5 Å². The van der Waals surface area contributed by atoms with Gasteiger partial charge < -0.3 is 15.0 Å². The van der Waals surface area contributed by atoms with E-state index in [1.54, 1.807) is 36.3 Å². The van der Waals surface area contributed by atoms with E-state index in [-0.39, 0.29) is 5.97 Å². The second-order valence-electron chi connectivity index (χ2n) is 10.2. The summed E-state index contributed by atoms with van der Waals surface area (Å²) in [6, 6.07) is 19.7. The first-order valence-electron chi connectivity index (χ1n) is 14.2. The van der Waals surface area contributed by atoms with E-state index in [4.69, 9.17) is 4.74 Å². The fourth-order valence-electron chi connectivity index (χ4n) is 4.82. The molecule has 43 heavy (non-hydrogen) atoms. The summed E-state index contributed by atoms with van der Waals surface area (Å²) in [7, 11) is 4.13. The molecule has 0 aliphatic heterocycles. The van der Waals surface area contributed by atoms with Crippen molar-refractivity contribution in [3.05, 3.63) is 91.0 Å². The quantitative estimate of drug-likeness (QED) is 0.0670. The van der Waals surface area contributed by atoms with Gasteiger partial charge in [0.2, 0.25) is 0 Å². The molecule has 0 saturated heterocycles. The molecule has 220 valence electrons. The minimum absolute atomic E-state index is 0.290. The number of hydrogen-bond donors (Lipinski definition) is 2. The number of ether oxygens (including phenoxy) is 1. The second kappa shape index (κ2) is 14.6. The summed E-state index contributed by atoms with van der Waals surface area (Å²) in [6.45, 7) is 0.878. The number of carbonyl (C=O) groups excluding carboxylic acids is 2. The number of unbranched alkanes of at least 4 members (excludes halogenated alkanes) is 3. The van der Waals surface area contributed by atoms with E-state index in [1.165, 1.54) is 39.9 Å². The van der Waals surface area contributed by atoms with Crippen molar-refractivity contribution >= 4 is 57.0 Å². The lowest BCUT2D eigenvalue weighted by atomic mass is 10.1. The van der Waals surface area contributed by atoms with Crippen LogP contribution in [0.3, 0.4) is 0 Å². The summed E-state index contributed by atoms with van der Waals surface area (Å²) < 4.78 is 9.11. The Kier molecular flexibility index (Phi) is 10.1. The normalized spacial score (nSPS) is 11.0. The van der Waals surface area contributed by atoms with Gasteiger partial charge in [-0.15, -0.1) is 0 Å². The van der Waals surface area contributed by atoms with Crippen LogP contribution in [0.25, 0.3) is 21.7 Å². The second-order valence-corrected chi connectivity index (χ2v) is 11.2. The fraction of sp³-hybridized carbons (Fsp3) is 0.242. The summed E-state index contributed by atoms with van der Waals surface area (Å²) in [4.78, 5) is 41.4. The van der Waals surface area contributed by atoms with Crippen LogP contribution in [0.4, 0.5) is 11.5 Å². The van der Waals surface area contributed by atoms with E-state index in [0.717, 1.165) is 32.2 Å². The first-order chi connectivity index (χ1) is 21.0. The topological polar surface area (TPSA) is 109 Å². The molecule has 2 aromatic heterocycles. The number of amides is 1. The molecule has 10 heteroatoms. The third kappa shape index (κ3) is 7.85. The Morgan fingerprint density at radius 1 is 0.884 bits per heavy atom. The number of pyridine rings is 1. The first kappa shape index (κ1) is 29.9. The molecule has 0 bridgehead atoms. The predicted molar refractivity (Wildman–Crippen MR) is 173 cm³/mol. The molecular formula is C33H34N6O3S. The average Bonchev–Trinajstić information content (AvgIpc) is 3.02. The summed E-state index contributed by atoms with van der Waals surface area (Å²) in [5, 5.41) is 5.90. The van der Waals surface area contributed by atoms with E-state index >= 15 is 0 Å². The number of anilines is 2. The molecule has 9 nitrogen and oxygen atoms in total. The number of nitrogens with one attached hydrogen (secondary N) is 2. The van der Waals surface area contributed by atoms with Crippen LogP contribution in [0, 0.1) is 0 Å². The van der Waals surface area contributed by atoms with Crippen molar-refractivity contribution in [3.8, 4) is 5.75 Å². The van der Waals surface area contributed by atoms with E-state index < -0.39 is 5.91 Å². The van der Waals surface area contributed by atoms with Gasteiger partial charge in [0.1, 0.15) is 5.75 Å². The van der Waals surface area contributed by atoms with Gasteiger partial charge >= 0.3 is 5.97 Å². The van der Waals surface area contributed by atoms with Gasteiger partial charge in [-0.3, -0.25) is 24.3 Å². The smallest absolute Gasteiger partial charge is 0.311 e. The first-order valence-corrected chi connectivity index (χ1v) is 15.1. The maximum atomic E-state index is 13.0. The van der Waals surface area contributed by atoms with Gasteiger partial charge in [0.05, 0.1) is 17.3 Å². The summed E-state index contributed by atoms with van der Waals surface area (Å²) in [5.41, 5.74) is 2.01. The predicted octanol–water partition coefficient (Wildman–Crippen LogP) is 6.65. The van der Waals surface area contributed by atoms with Crippen LogP contribution >= 0.6 is 11.9 Å². The minimum atomic E-state index is -0.410. The largest absolute Gasteiger partial charge is 0.426 e. The van der Waals surface area contributed by atoms with Crippen LogP contribution < -0.4 is 19.7 Å². The number of carbonyl (C=O) groups is 2. The lowest BCUT2D eigenvalue weighted by Crippen LogP contribution is -2.15. The van der Waals surface area contributed by atoms with E-state index in [0.29, 0.717) is 34.5 Å². The summed E-state index contributed by atoms with van der Waals surface area (Å²) >= 11 is 1.66. The zero-order valence-electron chi connectivity index (χ0n) is 24.2. The molecule has 5 aromatic rings. The van der Waals surface area contributed by atoms with Crippen molar-refractivity contribution in [2.75, 3.05) is 30.9 Å². The molecule has 0 saturated carbocycles. The number of hydrogen-bond acceptors (Lipinski definition) is 9. The Morgan fingerprint density at radius 3 is 2.56 bits per heavy atom. The van der Waals surface area contributed by atoms with Crippen LogP contribution in [-0.2, 0) is 4.79 Å². The number of esters is 1. The zero-order chi connectivity index (χ0) is 30.0. The molecule has 2 heterocycles. The minimum Gasteiger partial charge on any atom is -0.426 e. The van der Waals surface area contributed by atoms with Crippen molar-refractivity contribution in [3.63, 3.8) is 0 Å². The Bertz CT molecular complexity index is 1710. The Morgan fingerprint density at radius 2 is 1.72 bits per heavy atom. The van der Waals surface area contributed by atoms with Crippen molar-refractivity contribution in [1.82, 2.24) is 19.7 Å². The molecule has 5 rings (SSSR count). The van der Waals surface area contributed by atoms with Gasteiger partial charge in [0.15, 0.2) is 5.82 Å². The van der Waals surface area contributed by atoms with Crippen molar-refractivity contribution < 1.29 is 14.3 Å². The highest BCUT2D eigenvalue weighted by atomic mass is 32.2. The van der Waals surface area contributed by atoms with E-state index in [1.807, 2.05) is 6.07 Å². The Balaban J connectivity index is 1.06. The fourth-order valence-corrected chi connectivity index (χ4v) is 5.66. The number of nitrogens with zero attached hydrogens (tertiary/aromatic N) is 4. The molecule has 0 unspecified atom stereocenters.